The van der Waals surface area contributed by atoms with Gasteiger partial charge < -0.3 is 4.90 Å². The lowest BCUT2D eigenvalue weighted by atomic mass is 10.2. The number of piperazine rings is 1. The van der Waals surface area contributed by atoms with Crippen LogP contribution in [-0.2, 0) is 16.4 Å². The molecule has 1 aliphatic rings. The van der Waals surface area contributed by atoms with Gasteiger partial charge in [0.15, 0.2) is 0 Å². The minimum atomic E-state index is -3.56. The van der Waals surface area contributed by atoms with Crippen molar-refractivity contribution in [3.05, 3.63) is 39.3 Å². The predicted octanol–water partition coefficient (Wildman–Crippen LogP) is 2.01. The number of hydrogen-bond acceptors (Lipinski definition) is 6. The van der Waals surface area contributed by atoms with Gasteiger partial charge in [0, 0.05) is 30.7 Å². The molecule has 0 atom stereocenters. The molecule has 1 aliphatic heterocycles. The highest BCUT2D eigenvalue weighted by Crippen LogP contribution is 2.22. The van der Waals surface area contributed by atoms with Crippen LogP contribution in [0.1, 0.15) is 22.3 Å². The molecule has 2 heterocycles. The van der Waals surface area contributed by atoms with Gasteiger partial charge in [-0.25, -0.2) is 8.42 Å². The summed E-state index contributed by atoms with van der Waals surface area (Å²) < 4.78 is 31.4. The molecule has 0 bridgehead atoms. The zero-order chi connectivity index (χ0) is 18.0. The van der Waals surface area contributed by atoms with Crippen molar-refractivity contribution < 1.29 is 13.2 Å². The fraction of sp³-hybridized carbons (Fsp3) is 0.400. The van der Waals surface area contributed by atoms with Gasteiger partial charge in [0.05, 0.1) is 10.6 Å². The van der Waals surface area contributed by atoms with Gasteiger partial charge in [-0.2, -0.15) is 4.31 Å². The summed E-state index contributed by atoms with van der Waals surface area (Å²) in [6, 6.07) is 6.64. The fourth-order valence-corrected chi connectivity index (χ4v) is 5.39. The van der Waals surface area contributed by atoms with E-state index in [-0.39, 0.29) is 23.9 Å². The predicted molar refractivity (Wildman–Crippen MR) is 98.1 cm³/mol. The van der Waals surface area contributed by atoms with Gasteiger partial charge in [-0.3, -0.25) is 4.79 Å². The number of rotatable bonds is 4. The maximum Gasteiger partial charge on any atom is 0.267 e. The Labute approximate surface area is 159 Å². The molecule has 25 heavy (non-hydrogen) atoms. The average molecular weight is 445 g/mol. The summed E-state index contributed by atoms with van der Waals surface area (Å²) in [5, 5.41) is 3.96. The van der Waals surface area contributed by atoms with E-state index in [2.05, 4.69) is 25.5 Å². The quantitative estimate of drug-likeness (QED) is 0.719. The number of halogens is 1. The van der Waals surface area contributed by atoms with E-state index in [4.69, 9.17) is 0 Å². The Morgan fingerprint density at radius 3 is 2.64 bits per heavy atom. The molecular formula is C15H17BrN4O3S2. The van der Waals surface area contributed by atoms with Crippen molar-refractivity contribution >= 4 is 43.4 Å². The van der Waals surface area contributed by atoms with Gasteiger partial charge in [0.2, 0.25) is 10.0 Å². The Morgan fingerprint density at radius 1 is 1.28 bits per heavy atom. The zero-order valence-corrected chi connectivity index (χ0v) is 16.8. The van der Waals surface area contributed by atoms with E-state index in [0.29, 0.717) is 34.6 Å². The zero-order valence-electron chi connectivity index (χ0n) is 13.6. The molecule has 1 aromatic carbocycles. The van der Waals surface area contributed by atoms with Crippen LogP contribution in [-0.4, -0.2) is 59.3 Å². The summed E-state index contributed by atoms with van der Waals surface area (Å²) >= 11 is 4.39. The SMILES string of the molecule is CCc1nnsc1C(=O)N1CCN(S(=O)(=O)c2cccc(Br)c2)CC1. The Hall–Kier alpha value is -1.36. The lowest BCUT2D eigenvalue weighted by molar-refractivity contribution is 0.0701. The summed E-state index contributed by atoms with van der Waals surface area (Å²) in [6.07, 6.45) is 0.648. The minimum Gasteiger partial charge on any atom is -0.335 e. The number of hydrogen-bond donors (Lipinski definition) is 0. The fourth-order valence-electron chi connectivity index (χ4n) is 2.65. The number of aromatic nitrogens is 2. The van der Waals surface area contributed by atoms with E-state index >= 15 is 0 Å². The second-order valence-electron chi connectivity index (χ2n) is 5.56. The summed E-state index contributed by atoms with van der Waals surface area (Å²) in [5.74, 6) is -0.119. The van der Waals surface area contributed by atoms with Crippen LogP contribution >= 0.6 is 27.5 Å². The van der Waals surface area contributed by atoms with Crippen molar-refractivity contribution in [1.29, 1.82) is 0 Å². The highest BCUT2D eigenvalue weighted by molar-refractivity contribution is 9.10. The molecule has 0 aliphatic carbocycles. The molecule has 0 unspecified atom stereocenters. The van der Waals surface area contributed by atoms with Crippen LogP contribution in [0.15, 0.2) is 33.6 Å². The van der Waals surface area contributed by atoms with Crippen LogP contribution in [0.4, 0.5) is 0 Å². The largest absolute Gasteiger partial charge is 0.335 e. The molecule has 1 fully saturated rings. The summed E-state index contributed by atoms with van der Waals surface area (Å²) in [6.45, 7) is 3.18. The lowest BCUT2D eigenvalue weighted by Crippen LogP contribution is -2.50. The third kappa shape index (κ3) is 3.76. The topological polar surface area (TPSA) is 83.5 Å². The Kier molecular flexibility index (Phi) is 5.52. The van der Waals surface area contributed by atoms with Gasteiger partial charge in [-0.15, -0.1) is 5.10 Å². The number of amides is 1. The summed E-state index contributed by atoms with van der Waals surface area (Å²) in [4.78, 5) is 15.1. The van der Waals surface area contributed by atoms with E-state index in [0.717, 1.165) is 11.5 Å². The number of benzene rings is 1. The van der Waals surface area contributed by atoms with Crippen molar-refractivity contribution in [1.82, 2.24) is 18.8 Å². The smallest absolute Gasteiger partial charge is 0.267 e. The first-order valence-corrected chi connectivity index (χ1v) is 10.8. The Balaban J connectivity index is 1.70. The monoisotopic (exact) mass is 444 g/mol. The maximum absolute atomic E-state index is 12.7. The first kappa shape index (κ1) is 18.4. The van der Waals surface area contributed by atoms with Crippen LogP contribution in [0.3, 0.4) is 0 Å². The van der Waals surface area contributed by atoms with Gasteiger partial charge in [-0.05, 0) is 36.2 Å². The molecule has 2 aromatic rings. The number of sulfonamides is 1. The van der Waals surface area contributed by atoms with E-state index in [1.165, 1.54) is 4.31 Å². The molecule has 0 spiro atoms. The van der Waals surface area contributed by atoms with Gasteiger partial charge in [-0.1, -0.05) is 33.4 Å². The number of nitrogens with zero attached hydrogens (tertiary/aromatic N) is 4. The van der Waals surface area contributed by atoms with Gasteiger partial charge in [0.25, 0.3) is 5.91 Å². The molecule has 0 radical (unpaired) electrons. The highest BCUT2D eigenvalue weighted by Gasteiger charge is 2.31. The van der Waals surface area contributed by atoms with E-state index < -0.39 is 10.0 Å². The first-order chi connectivity index (χ1) is 11.9. The minimum absolute atomic E-state index is 0.119. The average Bonchev–Trinajstić information content (AvgIpc) is 3.10. The van der Waals surface area contributed by atoms with Crippen LogP contribution in [0.5, 0.6) is 0 Å². The highest BCUT2D eigenvalue weighted by atomic mass is 79.9. The third-order valence-electron chi connectivity index (χ3n) is 4.04. The molecule has 0 saturated carbocycles. The summed E-state index contributed by atoms with van der Waals surface area (Å²) in [7, 11) is -3.56. The van der Waals surface area contributed by atoms with Crippen LogP contribution in [0.2, 0.25) is 0 Å². The van der Waals surface area contributed by atoms with Crippen molar-refractivity contribution in [2.24, 2.45) is 0 Å². The Morgan fingerprint density at radius 2 is 2.00 bits per heavy atom. The normalized spacial score (nSPS) is 16.2. The number of carbonyl (C=O) groups excluding carboxylic acids is 1. The molecule has 7 nitrogen and oxygen atoms in total. The molecule has 1 aromatic heterocycles. The van der Waals surface area contributed by atoms with Crippen LogP contribution < -0.4 is 0 Å². The Bertz CT molecular complexity index is 876. The van der Waals surface area contributed by atoms with Gasteiger partial charge in [0.1, 0.15) is 4.88 Å². The first-order valence-electron chi connectivity index (χ1n) is 7.79. The van der Waals surface area contributed by atoms with Crippen molar-refractivity contribution in [3.63, 3.8) is 0 Å². The molecule has 134 valence electrons. The second kappa shape index (κ2) is 7.48. The standard InChI is InChI=1S/C15H17BrN4O3S2/c1-2-13-14(24-18-17-13)15(21)19-6-8-20(9-7-19)25(22,23)12-5-3-4-11(16)10-12/h3-5,10H,2,6-9H2,1H3. The van der Waals surface area contributed by atoms with Crippen LogP contribution in [0.25, 0.3) is 0 Å². The third-order valence-corrected chi connectivity index (χ3v) is 7.19. The van der Waals surface area contributed by atoms with E-state index in [9.17, 15) is 13.2 Å². The molecule has 10 heteroatoms. The number of aryl methyl sites for hydroxylation is 1. The maximum atomic E-state index is 12.7. The lowest BCUT2D eigenvalue weighted by Gasteiger charge is -2.33. The molecular weight excluding hydrogens is 428 g/mol. The van der Waals surface area contributed by atoms with Crippen LogP contribution in [0, 0.1) is 0 Å². The van der Waals surface area contributed by atoms with Crippen molar-refractivity contribution in [3.8, 4) is 0 Å². The van der Waals surface area contributed by atoms with Gasteiger partial charge >= 0.3 is 0 Å². The molecule has 0 N–H and O–H groups in total. The molecule has 1 amide bonds. The van der Waals surface area contributed by atoms with Crippen molar-refractivity contribution in [2.75, 3.05) is 26.2 Å². The summed E-state index contributed by atoms with van der Waals surface area (Å²) in [5.41, 5.74) is 0.694. The molecule has 3 rings (SSSR count). The number of carbonyl (C=O) groups is 1. The van der Waals surface area contributed by atoms with Crippen molar-refractivity contribution in [2.45, 2.75) is 18.2 Å². The second-order valence-corrected chi connectivity index (χ2v) is 9.16. The molecule has 1 saturated heterocycles. The van der Waals surface area contributed by atoms with E-state index in [1.54, 1.807) is 29.2 Å². The van der Waals surface area contributed by atoms with E-state index in [1.807, 2.05) is 6.92 Å².